The Hall–Kier alpha value is -4.53. The first-order valence-corrected chi connectivity index (χ1v) is 14.1. The molecule has 4 aliphatic rings. The predicted octanol–water partition coefficient (Wildman–Crippen LogP) is 4.65. The van der Waals surface area contributed by atoms with Crippen molar-refractivity contribution in [1.82, 2.24) is 15.2 Å². The van der Waals surface area contributed by atoms with E-state index in [-0.39, 0.29) is 24.6 Å². The standard InChI is InChI=1S/C32H34N4O5/c1-21(37)36-19-23-7-9-26(36)15-24(13-23)25-16-28(32(38)33-11-12-39-27-5-3-2-4-6-27)31(35-18-25)34-17-22-8-10-29-30(14-22)41-20-40-29/h2-6,8,10,13-14,16,18,23,26H,7,9,11-12,15,17,19-20H2,1H3,(H,33,38)(H,34,35)/t23-,26+/m0/s1. The third-order valence-electron chi connectivity index (χ3n) is 7.84. The lowest BCUT2D eigenvalue weighted by molar-refractivity contribution is -0.132. The van der Waals surface area contributed by atoms with Crippen molar-refractivity contribution in [2.24, 2.45) is 5.92 Å². The van der Waals surface area contributed by atoms with Gasteiger partial charge in [0.05, 0.1) is 12.1 Å². The van der Waals surface area contributed by atoms with Crippen LogP contribution in [0.1, 0.15) is 47.7 Å². The number of anilines is 1. The van der Waals surface area contributed by atoms with E-state index in [9.17, 15) is 9.59 Å². The topological polar surface area (TPSA) is 102 Å². The molecule has 2 atom stereocenters. The van der Waals surface area contributed by atoms with Crippen molar-refractivity contribution in [3.05, 3.63) is 83.6 Å². The second-order valence-corrected chi connectivity index (χ2v) is 10.6. The van der Waals surface area contributed by atoms with Crippen molar-refractivity contribution >= 4 is 23.2 Å². The van der Waals surface area contributed by atoms with Crippen LogP contribution in [-0.2, 0) is 11.3 Å². The van der Waals surface area contributed by atoms with Gasteiger partial charge in [0.1, 0.15) is 18.2 Å². The molecule has 2 amide bonds. The van der Waals surface area contributed by atoms with Gasteiger partial charge in [0.25, 0.3) is 5.91 Å². The SMILES string of the molecule is CC(=O)N1C[C@@H]2C=C(c3cnc(NCc4ccc5c(c4)OCO5)c(C(=O)NCCOc4ccccc4)c3)C[C@H]1CC2. The van der Waals surface area contributed by atoms with Crippen molar-refractivity contribution in [1.29, 1.82) is 0 Å². The Morgan fingerprint density at radius 3 is 2.78 bits per heavy atom. The van der Waals surface area contributed by atoms with Crippen molar-refractivity contribution in [3.8, 4) is 17.2 Å². The Morgan fingerprint density at radius 1 is 1.07 bits per heavy atom. The van der Waals surface area contributed by atoms with Gasteiger partial charge in [-0.2, -0.15) is 0 Å². The molecule has 9 nitrogen and oxygen atoms in total. The van der Waals surface area contributed by atoms with Crippen LogP contribution in [0.15, 0.2) is 66.9 Å². The lowest BCUT2D eigenvalue weighted by atomic mass is 9.95. The van der Waals surface area contributed by atoms with E-state index in [1.54, 1.807) is 6.92 Å². The van der Waals surface area contributed by atoms with E-state index in [2.05, 4.69) is 16.7 Å². The highest BCUT2D eigenvalue weighted by molar-refractivity contribution is 5.99. The maximum absolute atomic E-state index is 13.5. The summed E-state index contributed by atoms with van der Waals surface area (Å²) in [6, 6.07) is 17.4. The number of nitrogens with one attached hydrogen (secondary N) is 2. The number of para-hydroxylation sites is 1. The Bertz CT molecular complexity index is 1460. The largest absolute Gasteiger partial charge is 0.492 e. The maximum atomic E-state index is 13.5. The van der Waals surface area contributed by atoms with Gasteiger partial charge in [-0.25, -0.2) is 4.98 Å². The highest BCUT2D eigenvalue weighted by Crippen LogP contribution is 2.37. The minimum absolute atomic E-state index is 0.119. The van der Waals surface area contributed by atoms with Crippen molar-refractivity contribution in [3.63, 3.8) is 0 Å². The summed E-state index contributed by atoms with van der Waals surface area (Å²) in [6.45, 7) is 3.77. The third kappa shape index (κ3) is 6.14. The fraction of sp³-hybridized carbons (Fsp3) is 0.344. The number of hydrogen-bond acceptors (Lipinski definition) is 7. The fourth-order valence-electron chi connectivity index (χ4n) is 5.75. The van der Waals surface area contributed by atoms with E-state index < -0.39 is 0 Å². The molecular weight excluding hydrogens is 520 g/mol. The summed E-state index contributed by atoms with van der Waals surface area (Å²) in [6.07, 6.45) is 6.91. The van der Waals surface area contributed by atoms with Crippen LogP contribution >= 0.6 is 0 Å². The number of benzene rings is 2. The van der Waals surface area contributed by atoms with Crippen LogP contribution < -0.4 is 24.8 Å². The molecule has 7 rings (SSSR count). The molecule has 1 saturated heterocycles. The molecule has 2 N–H and O–H groups in total. The van der Waals surface area contributed by atoms with Gasteiger partial charge in [0.15, 0.2) is 11.5 Å². The first kappa shape index (κ1) is 26.7. The number of carbonyl (C=O) groups excluding carboxylic acids is 2. The van der Waals surface area contributed by atoms with Gasteiger partial charge < -0.3 is 29.7 Å². The second kappa shape index (κ2) is 11.9. The zero-order valence-corrected chi connectivity index (χ0v) is 23.1. The molecule has 1 aliphatic carbocycles. The molecule has 41 heavy (non-hydrogen) atoms. The average Bonchev–Trinajstić information content (AvgIpc) is 3.27. The maximum Gasteiger partial charge on any atom is 0.255 e. The van der Waals surface area contributed by atoms with Gasteiger partial charge in [0, 0.05) is 32.3 Å². The predicted molar refractivity (Wildman–Crippen MR) is 155 cm³/mol. The molecule has 3 aliphatic heterocycles. The van der Waals surface area contributed by atoms with Crippen LogP contribution in [0.3, 0.4) is 0 Å². The van der Waals surface area contributed by atoms with E-state index in [1.165, 1.54) is 0 Å². The highest BCUT2D eigenvalue weighted by atomic mass is 16.7. The first-order chi connectivity index (χ1) is 20.0. The Labute approximate surface area is 239 Å². The van der Waals surface area contributed by atoms with Crippen LogP contribution in [0.25, 0.3) is 5.57 Å². The van der Waals surface area contributed by atoms with E-state index in [1.807, 2.05) is 65.7 Å². The molecule has 0 unspecified atom stereocenters. The highest BCUT2D eigenvalue weighted by Gasteiger charge is 2.33. The van der Waals surface area contributed by atoms with E-state index in [4.69, 9.17) is 19.2 Å². The van der Waals surface area contributed by atoms with E-state index >= 15 is 0 Å². The Morgan fingerprint density at radius 2 is 1.93 bits per heavy atom. The molecule has 2 bridgehead atoms. The van der Waals surface area contributed by atoms with Crippen LogP contribution in [-0.4, -0.2) is 54.2 Å². The smallest absolute Gasteiger partial charge is 0.255 e. The molecule has 2 aromatic carbocycles. The first-order valence-electron chi connectivity index (χ1n) is 14.1. The molecular formula is C32H34N4O5. The number of nitrogens with zero attached hydrogens (tertiary/aromatic N) is 2. The second-order valence-electron chi connectivity index (χ2n) is 10.6. The number of carbonyl (C=O) groups is 2. The minimum atomic E-state index is -0.230. The number of rotatable bonds is 9. The summed E-state index contributed by atoms with van der Waals surface area (Å²) in [5, 5.41) is 6.32. The summed E-state index contributed by atoms with van der Waals surface area (Å²) >= 11 is 0. The van der Waals surface area contributed by atoms with Gasteiger partial charge in [-0.15, -0.1) is 0 Å². The van der Waals surface area contributed by atoms with Crippen LogP contribution in [0.4, 0.5) is 5.82 Å². The summed E-state index contributed by atoms with van der Waals surface area (Å²) in [5.74, 6) is 2.88. The quantitative estimate of drug-likeness (QED) is 0.372. The summed E-state index contributed by atoms with van der Waals surface area (Å²) in [5.41, 5.74) is 3.49. The van der Waals surface area contributed by atoms with Crippen LogP contribution in [0.5, 0.6) is 17.2 Å². The van der Waals surface area contributed by atoms with Crippen LogP contribution in [0.2, 0.25) is 0 Å². The van der Waals surface area contributed by atoms with Crippen molar-refractivity contribution in [2.45, 2.75) is 38.8 Å². The molecule has 0 radical (unpaired) electrons. The van der Waals surface area contributed by atoms with Crippen LogP contribution in [0, 0.1) is 5.92 Å². The third-order valence-corrected chi connectivity index (χ3v) is 7.84. The molecule has 212 valence electrons. The lowest BCUT2D eigenvalue weighted by Gasteiger charge is -2.36. The van der Waals surface area contributed by atoms with Gasteiger partial charge in [0.2, 0.25) is 12.7 Å². The van der Waals surface area contributed by atoms with Gasteiger partial charge in [-0.05, 0) is 72.2 Å². The molecule has 1 fully saturated rings. The summed E-state index contributed by atoms with van der Waals surface area (Å²) < 4.78 is 16.7. The molecule has 0 saturated carbocycles. The zero-order chi connectivity index (χ0) is 28.2. The van der Waals surface area contributed by atoms with E-state index in [0.717, 1.165) is 54.0 Å². The number of hydrogen-bond donors (Lipinski definition) is 2. The zero-order valence-electron chi connectivity index (χ0n) is 23.1. The molecule has 3 aromatic rings. The van der Waals surface area contributed by atoms with E-state index in [0.29, 0.717) is 42.7 Å². The van der Waals surface area contributed by atoms with Crippen molar-refractivity contribution in [2.75, 3.05) is 31.8 Å². The normalized spacial score (nSPS) is 18.9. The van der Waals surface area contributed by atoms with Gasteiger partial charge in [-0.3, -0.25) is 9.59 Å². The number of amides is 2. The lowest BCUT2D eigenvalue weighted by Crippen LogP contribution is -2.44. The average molecular weight is 555 g/mol. The Balaban J connectivity index is 1.20. The molecule has 9 heteroatoms. The monoisotopic (exact) mass is 554 g/mol. The number of pyridine rings is 1. The molecule has 0 spiro atoms. The van der Waals surface area contributed by atoms with Gasteiger partial charge >= 0.3 is 0 Å². The number of piperidine rings is 1. The van der Waals surface area contributed by atoms with Crippen molar-refractivity contribution < 1.29 is 23.8 Å². The number of ether oxygens (including phenoxy) is 3. The fourth-order valence-corrected chi connectivity index (χ4v) is 5.75. The number of fused-ring (bicyclic) bond motifs is 4. The van der Waals surface area contributed by atoms with Gasteiger partial charge in [-0.1, -0.05) is 30.3 Å². The molecule has 1 aromatic heterocycles. The number of aromatic nitrogens is 1. The Kier molecular flexibility index (Phi) is 7.75. The summed E-state index contributed by atoms with van der Waals surface area (Å²) in [4.78, 5) is 32.4. The molecule has 4 heterocycles. The summed E-state index contributed by atoms with van der Waals surface area (Å²) in [7, 11) is 0. The minimum Gasteiger partial charge on any atom is -0.492 e.